The van der Waals surface area contributed by atoms with Crippen LogP contribution in [0.1, 0.15) is 284 Å². The van der Waals surface area contributed by atoms with Crippen LogP contribution >= 0.6 is 0 Å². The van der Waals surface area contributed by atoms with Crippen LogP contribution in [0.2, 0.25) is 0 Å². The number of hydrogen-bond donors (Lipinski definition) is 0. The molecule has 9 heteroatoms. The van der Waals surface area contributed by atoms with Crippen LogP contribution in [0.5, 0.6) is 0 Å². The lowest BCUT2D eigenvalue weighted by Gasteiger charge is -2.26. The molecule has 0 bridgehead atoms. The molecule has 0 aliphatic rings. The third kappa shape index (κ3) is 67.1. The molecule has 0 amide bonds. The van der Waals surface area contributed by atoms with E-state index in [1.165, 1.54) is 141 Å². The van der Waals surface area contributed by atoms with Gasteiger partial charge < -0.3 is 33.3 Å². The Morgan fingerprint density at radius 1 is 0.365 bits per heavy atom. The molecule has 0 heterocycles. The molecule has 0 aromatic heterocycles. The van der Waals surface area contributed by atoms with Gasteiger partial charge in [-0.25, -0.2) is 0 Å². The summed E-state index contributed by atoms with van der Waals surface area (Å²) in [6.07, 6.45) is 89.8. The number of esters is 2. The van der Waals surface area contributed by atoms with Gasteiger partial charge in [0.1, 0.15) is 13.2 Å². The van der Waals surface area contributed by atoms with Gasteiger partial charge in [-0.3, -0.25) is 9.59 Å². The average molecular weight is 1180 g/mol. The molecule has 9 nitrogen and oxygen atoms in total. The first-order valence-electron chi connectivity index (χ1n) is 34.7. The molecule has 2 atom stereocenters. The Bertz CT molecular complexity index is 1810. The van der Waals surface area contributed by atoms with Crippen LogP contribution in [-0.4, -0.2) is 82.3 Å². The summed E-state index contributed by atoms with van der Waals surface area (Å²) in [5.74, 6) is -2.29. The smallest absolute Gasteiger partial charge is 0.306 e. The van der Waals surface area contributed by atoms with E-state index in [1.807, 2.05) is 21.1 Å². The fraction of sp³-hybridized carbons (Fsp3) is 0.697. The minimum Gasteiger partial charge on any atom is -0.545 e. The lowest BCUT2D eigenvalue weighted by Crippen LogP contribution is -2.44. The Labute approximate surface area is 523 Å². The second-order valence-corrected chi connectivity index (χ2v) is 24.1. The fourth-order valence-corrected chi connectivity index (χ4v) is 9.45. The number of carboxylic acid groups (broad SMARTS) is 1. The minimum atomic E-state index is -1.63. The zero-order chi connectivity index (χ0) is 61.9. The van der Waals surface area contributed by atoms with E-state index in [0.717, 1.165) is 109 Å². The second kappa shape index (κ2) is 65.7. The van der Waals surface area contributed by atoms with Crippen molar-refractivity contribution in [1.82, 2.24) is 0 Å². The lowest BCUT2D eigenvalue weighted by atomic mass is 10.0. The molecule has 0 saturated carbocycles. The largest absolute Gasteiger partial charge is 0.545 e. The van der Waals surface area contributed by atoms with Crippen molar-refractivity contribution in [2.24, 2.45) is 0 Å². The van der Waals surface area contributed by atoms with Crippen molar-refractivity contribution in [3.05, 3.63) is 122 Å². The van der Waals surface area contributed by atoms with E-state index in [0.29, 0.717) is 17.4 Å². The first-order valence-corrected chi connectivity index (χ1v) is 34.7. The standard InChI is InChI=1S/C76H129NO8/c1-6-8-10-12-14-16-18-20-22-24-26-28-29-30-31-32-33-34-35-36-37-38-39-40-41-42-43-44-45-47-49-51-53-55-57-59-61-63-65-67-74(79)85-72(71-84-76(75(80)81)82-69-68-77(3,4)5)70-83-73(78)66-64-62-60-58-56-54-52-50-48-46-27-25-23-21-19-17-15-13-11-9-7-2/h8,10,14,16,20,22,26,28,30-31,33-34,36-37,39-40,42-43,45,47,72,76H,6-7,9,11-13,15,17-19,21,23-25,27,29,32,35,38,41,44,46,48-71H2,1-5H3/b10-8-,16-14-,22-20-,28-26-,31-30-,34-33-,37-36-,40-39-,43-42-,47-45-. The number of likely N-dealkylation sites (N-methyl/N-ethyl adjacent to an activating group) is 1. The zero-order valence-electron chi connectivity index (χ0n) is 55.4. The fourth-order valence-electron chi connectivity index (χ4n) is 9.45. The maximum Gasteiger partial charge on any atom is 0.306 e. The Morgan fingerprint density at radius 2 is 0.671 bits per heavy atom. The molecule has 0 rings (SSSR count). The van der Waals surface area contributed by atoms with Crippen LogP contribution in [0.3, 0.4) is 0 Å². The predicted octanol–water partition coefficient (Wildman–Crippen LogP) is 20.2. The summed E-state index contributed by atoms with van der Waals surface area (Å²) in [4.78, 5) is 37.4. The molecule has 0 aromatic carbocycles. The maximum atomic E-state index is 12.9. The Hall–Kier alpha value is -4.31. The number of carboxylic acids is 1. The van der Waals surface area contributed by atoms with Gasteiger partial charge in [-0.15, -0.1) is 0 Å². The quantitative estimate of drug-likeness (QED) is 0.0195. The van der Waals surface area contributed by atoms with Crippen molar-refractivity contribution in [2.45, 2.75) is 296 Å². The summed E-state index contributed by atoms with van der Waals surface area (Å²) in [7, 11) is 5.92. The van der Waals surface area contributed by atoms with Gasteiger partial charge in [-0.2, -0.15) is 0 Å². The molecular formula is C76H129NO8. The maximum absolute atomic E-state index is 12.9. The van der Waals surface area contributed by atoms with Gasteiger partial charge in [0.2, 0.25) is 0 Å². The Kier molecular flexibility index (Phi) is 62.3. The number of carbonyl (C=O) groups excluding carboxylic acids is 3. The van der Waals surface area contributed by atoms with E-state index in [2.05, 4.69) is 135 Å². The minimum absolute atomic E-state index is 0.142. The first-order chi connectivity index (χ1) is 41.6. The summed E-state index contributed by atoms with van der Waals surface area (Å²) in [5, 5.41) is 11.8. The number of unbranched alkanes of at least 4 members (excludes halogenated alkanes) is 28. The molecule has 486 valence electrons. The van der Waals surface area contributed by atoms with Crippen molar-refractivity contribution < 1.29 is 42.9 Å². The van der Waals surface area contributed by atoms with E-state index in [9.17, 15) is 19.5 Å². The first kappa shape index (κ1) is 80.7. The SMILES string of the molecule is CC/C=C\C/C=C\C/C=C\C/C=C\C/C=C\C/C=C\C/C=C\C/C=C\C/C=C\C/C=C\CCCCCCCCCCC(=O)OC(COC(=O)CCCCCCCCCCCCCCCCCCCCCCC)COC(OCC[N+](C)(C)C)C(=O)[O-]. The van der Waals surface area contributed by atoms with E-state index in [1.54, 1.807) is 0 Å². The molecule has 85 heavy (non-hydrogen) atoms. The highest BCUT2D eigenvalue weighted by Crippen LogP contribution is 2.17. The van der Waals surface area contributed by atoms with Crippen LogP contribution in [-0.2, 0) is 33.3 Å². The highest BCUT2D eigenvalue weighted by Gasteiger charge is 2.22. The number of allylic oxidation sites excluding steroid dienone is 20. The summed E-state index contributed by atoms with van der Waals surface area (Å²) in [6.45, 7) is 4.65. The van der Waals surface area contributed by atoms with Crippen LogP contribution in [0.4, 0.5) is 0 Å². The van der Waals surface area contributed by atoms with E-state index >= 15 is 0 Å². The molecule has 0 aromatic rings. The van der Waals surface area contributed by atoms with Crippen molar-refractivity contribution >= 4 is 17.9 Å². The van der Waals surface area contributed by atoms with Crippen molar-refractivity contribution in [3.63, 3.8) is 0 Å². The average Bonchev–Trinajstić information content (AvgIpc) is 3.49. The molecule has 0 aliphatic carbocycles. The van der Waals surface area contributed by atoms with Gasteiger partial charge in [-0.05, 0) is 89.9 Å². The van der Waals surface area contributed by atoms with E-state index in [-0.39, 0.29) is 38.6 Å². The number of ether oxygens (including phenoxy) is 4. The zero-order valence-corrected chi connectivity index (χ0v) is 55.4. The number of hydrogen-bond acceptors (Lipinski definition) is 8. The normalized spacial score (nSPS) is 13.5. The Morgan fingerprint density at radius 3 is 1.00 bits per heavy atom. The van der Waals surface area contributed by atoms with Gasteiger partial charge >= 0.3 is 11.9 Å². The molecule has 0 radical (unpaired) electrons. The topological polar surface area (TPSA) is 111 Å². The van der Waals surface area contributed by atoms with Gasteiger partial charge in [-0.1, -0.05) is 302 Å². The summed E-state index contributed by atoms with van der Waals surface area (Å²) in [5.41, 5.74) is 0. The molecular weight excluding hydrogens is 1050 g/mol. The van der Waals surface area contributed by atoms with Crippen LogP contribution in [0.15, 0.2) is 122 Å². The number of rotatable bonds is 63. The third-order valence-corrected chi connectivity index (χ3v) is 14.7. The highest BCUT2D eigenvalue weighted by molar-refractivity contribution is 5.70. The molecule has 0 spiro atoms. The van der Waals surface area contributed by atoms with Gasteiger partial charge in [0.25, 0.3) is 0 Å². The highest BCUT2D eigenvalue weighted by atomic mass is 16.7. The molecule has 0 aliphatic heterocycles. The molecule has 0 saturated heterocycles. The van der Waals surface area contributed by atoms with Crippen molar-refractivity contribution in [2.75, 3.05) is 47.5 Å². The molecule has 0 fully saturated rings. The van der Waals surface area contributed by atoms with Gasteiger partial charge in [0.15, 0.2) is 12.4 Å². The predicted molar refractivity (Wildman–Crippen MR) is 361 cm³/mol. The number of carbonyl (C=O) groups is 3. The Balaban J connectivity index is 4.17. The van der Waals surface area contributed by atoms with Crippen molar-refractivity contribution in [1.29, 1.82) is 0 Å². The van der Waals surface area contributed by atoms with E-state index < -0.39 is 24.3 Å². The van der Waals surface area contributed by atoms with Crippen LogP contribution in [0.25, 0.3) is 0 Å². The molecule has 2 unspecified atom stereocenters. The summed E-state index contributed by atoms with van der Waals surface area (Å²) < 4.78 is 22.8. The van der Waals surface area contributed by atoms with Crippen LogP contribution < -0.4 is 5.11 Å². The third-order valence-electron chi connectivity index (χ3n) is 14.7. The second-order valence-electron chi connectivity index (χ2n) is 24.1. The monoisotopic (exact) mass is 1180 g/mol. The van der Waals surface area contributed by atoms with Gasteiger partial charge in [0, 0.05) is 12.8 Å². The van der Waals surface area contributed by atoms with Crippen LogP contribution in [0, 0.1) is 0 Å². The summed E-state index contributed by atoms with van der Waals surface area (Å²) in [6, 6.07) is 0. The summed E-state index contributed by atoms with van der Waals surface area (Å²) >= 11 is 0. The van der Waals surface area contributed by atoms with Crippen molar-refractivity contribution in [3.8, 4) is 0 Å². The molecule has 0 N–H and O–H groups in total. The van der Waals surface area contributed by atoms with Gasteiger partial charge in [0.05, 0.1) is 40.3 Å². The number of quaternary nitrogens is 1. The lowest BCUT2D eigenvalue weighted by molar-refractivity contribution is -0.870. The number of nitrogens with zero attached hydrogens (tertiary/aromatic N) is 1. The van der Waals surface area contributed by atoms with E-state index in [4.69, 9.17) is 18.9 Å². The number of aliphatic carboxylic acids is 1.